The lowest BCUT2D eigenvalue weighted by Gasteiger charge is -2.08. The summed E-state index contributed by atoms with van der Waals surface area (Å²) in [6.07, 6.45) is 6.78. The summed E-state index contributed by atoms with van der Waals surface area (Å²) in [6.45, 7) is 2.20. The van der Waals surface area contributed by atoms with Gasteiger partial charge in [0.25, 0.3) is 0 Å². The molecule has 0 rings (SSSR count). The molecule has 0 aromatic carbocycles. The maximum atomic E-state index is 5.99. The van der Waals surface area contributed by atoms with Crippen molar-refractivity contribution in [1.29, 1.82) is 0 Å². The van der Waals surface area contributed by atoms with Crippen LogP contribution in [0.5, 0.6) is 0 Å². The van der Waals surface area contributed by atoms with Crippen LogP contribution >= 0.6 is 34.8 Å². The normalized spacial score (nSPS) is 13.8. The molecule has 0 heterocycles. The molecule has 1 atom stereocenters. The molecule has 0 saturated heterocycles. The van der Waals surface area contributed by atoms with E-state index in [1.807, 2.05) is 0 Å². The van der Waals surface area contributed by atoms with E-state index < -0.39 is 0 Å². The van der Waals surface area contributed by atoms with Gasteiger partial charge in [-0.3, -0.25) is 0 Å². The Balaban J connectivity index is 3.14. The third kappa shape index (κ3) is 8.96. The van der Waals surface area contributed by atoms with Gasteiger partial charge in [0.1, 0.15) is 4.84 Å². The molecule has 3 heteroatoms. The van der Waals surface area contributed by atoms with E-state index in [0.29, 0.717) is 6.42 Å². The predicted octanol–water partition coefficient (Wildman–Crippen LogP) is 4.76. The number of hydrogen-bond donors (Lipinski definition) is 0. The van der Waals surface area contributed by atoms with Gasteiger partial charge in [-0.05, 0) is 12.8 Å². The molecule has 12 heavy (non-hydrogen) atoms. The number of rotatable bonds is 7. The van der Waals surface area contributed by atoms with Crippen molar-refractivity contribution in [1.82, 2.24) is 0 Å². The molecule has 0 saturated carbocycles. The second-order valence-corrected chi connectivity index (χ2v) is 4.97. The maximum absolute atomic E-state index is 5.99. The first kappa shape index (κ1) is 12.9. The number of halogens is 3. The monoisotopic (exact) mass is 230 g/mol. The van der Waals surface area contributed by atoms with E-state index in [1.165, 1.54) is 25.7 Å². The van der Waals surface area contributed by atoms with Gasteiger partial charge in [0.05, 0.1) is 0 Å². The van der Waals surface area contributed by atoms with Crippen LogP contribution in [0.2, 0.25) is 0 Å². The van der Waals surface area contributed by atoms with Crippen molar-refractivity contribution >= 4 is 34.8 Å². The number of hydrogen-bond acceptors (Lipinski definition) is 0. The summed E-state index contributed by atoms with van der Waals surface area (Å²) >= 11 is 17.2. The van der Waals surface area contributed by atoms with Crippen LogP contribution in [0.25, 0.3) is 0 Å². The predicted molar refractivity (Wildman–Crippen MR) is 58.5 cm³/mol. The summed E-state index contributed by atoms with van der Waals surface area (Å²) in [5.41, 5.74) is 0. The van der Waals surface area contributed by atoms with Crippen LogP contribution < -0.4 is 0 Å². The molecule has 0 amide bonds. The van der Waals surface area contributed by atoms with Crippen LogP contribution in [0.1, 0.15) is 45.4 Å². The standard InChI is InChI=1S/C9H17Cl3/c1-2-3-4-5-6-8(10)7-9(11)12/h8-9H,2-7H2,1H3. The lowest BCUT2D eigenvalue weighted by molar-refractivity contribution is 0.603. The molecule has 0 fully saturated rings. The van der Waals surface area contributed by atoms with Crippen molar-refractivity contribution in [2.75, 3.05) is 0 Å². The molecule has 0 aromatic rings. The highest BCUT2D eigenvalue weighted by molar-refractivity contribution is 6.44. The van der Waals surface area contributed by atoms with Gasteiger partial charge >= 0.3 is 0 Å². The Morgan fingerprint density at radius 1 is 1.00 bits per heavy atom. The molecule has 0 aliphatic carbocycles. The van der Waals surface area contributed by atoms with Crippen molar-refractivity contribution in [2.45, 2.75) is 55.7 Å². The summed E-state index contributed by atoms with van der Waals surface area (Å²) in [7, 11) is 0. The zero-order valence-electron chi connectivity index (χ0n) is 7.53. The quantitative estimate of drug-likeness (QED) is 0.438. The summed E-state index contributed by atoms with van der Waals surface area (Å²) in [5.74, 6) is 0. The average Bonchev–Trinajstić information content (AvgIpc) is 1.97. The third-order valence-corrected chi connectivity index (χ3v) is 2.56. The van der Waals surface area contributed by atoms with E-state index in [2.05, 4.69) is 6.92 Å². The minimum atomic E-state index is -0.307. The van der Waals surface area contributed by atoms with Crippen molar-refractivity contribution in [3.63, 3.8) is 0 Å². The van der Waals surface area contributed by atoms with E-state index in [-0.39, 0.29) is 10.2 Å². The van der Waals surface area contributed by atoms with Crippen LogP contribution in [-0.4, -0.2) is 10.2 Å². The van der Waals surface area contributed by atoms with Gasteiger partial charge in [0, 0.05) is 5.38 Å². The Morgan fingerprint density at radius 3 is 2.17 bits per heavy atom. The van der Waals surface area contributed by atoms with Gasteiger partial charge in [-0.25, -0.2) is 0 Å². The summed E-state index contributed by atoms with van der Waals surface area (Å²) in [6, 6.07) is 0. The Hall–Kier alpha value is 0.870. The summed E-state index contributed by atoms with van der Waals surface area (Å²) < 4.78 is 0. The topological polar surface area (TPSA) is 0 Å². The van der Waals surface area contributed by atoms with Crippen molar-refractivity contribution in [3.05, 3.63) is 0 Å². The molecule has 0 aliphatic rings. The average molecular weight is 232 g/mol. The maximum Gasteiger partial charge on any atom is 0.109 e. The van der Waals surface area contributed by atoms with Gasteiger partial charge < -0.3 is 0 Å². The van der Waals surface area contributed by atoms with Gasteiger partial charge in [-0.1, -0.05) is 32.6 Å². The highest BCUT2D eigenvalue weighted by atomic mass is 35.5. The van der Waals surface area contributed by atoms with Crippen LogP contribution in [-0.2, 0) is 0 Å². The number of alkyl halides is 3. The molecule has 1 unspecified atom stereocenters. The lowest BCUT2D eigenvalue weighted by atomic mass is 10.1. The molecular weight excluding hydrogens is 214 g/mol. The number of unbranched alkanes of at least 4 members (excludes halogenated alkanes) is 3. The molecule has 0 nitrogen and oxygen atoms in total. The second kappa shape index (κ2) is 8.47. The van der Waals surface area contributed by atoms with E-state index in [4.69, 9.17) is 34.8 Å². The lowest BCUT2D eigenvalue weighted by Crippen LogP contribution is -2.03. The van der Waals surface area contributed by atoms with Crippen LogP contribution in [0, 0.1) is 0 Å². The highest BCUT2D eigenvalue weighted by Crippen LogP contribution is 2.19. The Morgan fingerprint density at radius 2 is 1.67 bits per heavy atom. The van der Waals surface area contributed by atoms with Crippen LogP contribution in [0.4, 0.5) is 0 Å². The fourth-order valence-electron chi connectivity index (χ4n) is 1.10. The molecule has 0 radical (unpaired) electrons. The molecule has 0 bridgehead atoms. The van der Waals surface area contributed by atoms with Crippen LogP contribution in [0.3, 0.4) is 0 Å². The minimum absolute atomic E-state index is 0.154. The molecule has 0 aliphatic heterocycles. The van der Waals surface area contributed by atoms with E-state index in [9.17, 15) is 0 Å². The fraction of sp³-hybridized carbons (Fsp3) is 1.00. The van der Waals surface area contributed by atoms with Gasteiger partial charge in [0.15, 0.2) is 0 Å². The smallest absolute Gasteiger partial charge is 0.109 e. The third-order valence-electron chi connectivity index (χ3n) is 1.80. The zero-order valence-corrected chi connectivity index (χ0v) is 9.80. The molecule has 0 aromatic heterocycles. The van der Waals surface area contributed by atoms with Gasteiger partial charge in [-0.2, -0.15) is 0 Å². The second-order valence-electron chi connectivity index (χ2n) is 3.07. The first-order valence-corrected chi connectivity index (χ1v) is 5.90. The van der Waals surface area contributed by atoms with Gasteiger partial charge in [-0.15, -0.1) is 34.8 Å². The first-order valence-electron chi connectivity index (χ1n) is 4.59. The molecule has 74 valence electrons. The Bertz CT molecular complexity index is 93.8. The summed E-state index contributed by atoms with van der Waals surface area (Å²) in [5, 5.41) is 0.154. The first-order chi connectivity index (χ1) is 5.66. The largest absolute Gasteiger partial charge is 0.123 e. The Kier molecular flexibility index (Phi) is 9.08. The highest BCUT2D eigenvalue weighted by Gasteiger charge is 2.08. The molecule has 0 spiro atoms. The van der Waals surface area contributed by atoms with Crippen molar-refractivity contribution in [3.8, 4) is 0 Å². The Labute approximate surface area is 90.6 Å². The van der Waals surface area contributed by atoms with Crippen molar-refractivity contribution in [2.24, 2.45) is 0 Å². The fourth-order valence-corrected chi connectivity index (χ4v) is 2.05. The van der Waals surface area contributed by atoms with Crippen LogP contribution in [0.15, 0.2) is 0 Å². The zero-order chi connectivity index (χ0) is 9.40. The molecular formula is C9H17Cl3. The van der Waals surface area contributed by atoms with E-state index >= 15 is 0 Å². The minimum Gasteiger partial charge on any atom is -0.123 e. The van der Waals surface area contributed by atoms with Crippen molar-refractivity contribution < 1.29 is 0 Å². The summed E-state index contributed by atoms with van der Waals surface area (Å²) in [4.78, 5) is -0.307. The molecule has 0 N–H and O–H groups in total. The van der Waals surface area contributed by atoms with Gasteiger partial charge in [0.2, 0.25) is 0 Å². The van der Waals surface area contributed by atoms with E-state index in [1.54, 1.807) is 0 Å². The van der Waals surface area contributed by atoms with E-state index in [0.717, 1.165) is 6.42 Å². The SMILES string of the molecule is CCCCCCC(Cl)CC(Cl)Cl.